The van der Waals surface area contributed by atoms with E-state index in [2.05, 4.69) is 4.90 Å². The maximum atomic E-state index is 12.4. The number of nitrogens with zero attached hydrogens (tertiary/aromatic N) is 1. The molecule has 0 bridgehead atoms. The van der Waals surface area contributed by atoms with Crippen LogP contribution in [0.5, 0.6) is 0 Å². The summed E-state index contributed by atoms with van der Waals surface area (Å²) in [6.07, 6.45) is 14.4. The Morgan fingerprint density at radius 1 is 1.40 bits per heavy atom. The van der Waals surface area contributed by atoms with Gasteiger partial charge in [-0.2, -0.15) is 0 Å². The van der Waals surface area contributed by atoms with E-state index >= 15 is 0 Å². The summed E-state index contributed by atoms with van der Waals surface area (Å²) in [5.74, 6) is 0.168. The highest BCUT2D eigenvalue weighted by molar-refractivity contribution is 5.46. The van der Waals surface area contributed by atoms with Crippen LogP contribution in [-0.2, 0) is 4.74 Å². The van der Waals surface area contributed by atoms with Crippen molar-refractivity contribution in [3.05, 3.63) is 47.5 Å². The van der Waals surface area contributed by atoms with Crippen LogP contribution in [-0.4, -0.2) is 23.1 Å². The molecular weight excluding hydrogens is 250 g/mol. The first kappa shape index (κ1) is 13.5. The van der Waals surface area contributed by atoms with Gasteiger partial charge >= 0.3 is 0 Å². The van der Waals surface area contributed by atoms with Crippen LogP contribution in [0, 0.1) is 0 Å². The predicted molar refractivity (Wildman–Crippen MR) is 77.5 cm³/mol. The molecule has 1 fully saturated rings. The van der Waals surface area contributed by atoms with Crippen molar-refractivity contribution in [2.45, 2.75) is 51.2 Å². The summed E-state index contributed by atoms with van der Waals surface area (Å²) >= 11 is 0. The second-order valence-corrected chi connectivity index (χ2v) is 5.83. The van der Waals surface area contributed by atoms with Crippen molar-refractivity contribution in [1.29, 1.82) is 0 Å². The number of rotatable bonds is 2. The monoisotopic (exact) mass is 272 g/mol. The van der Waals surface area contributed by atoms with Gasteiger partial charge in [0.2, 0.25) is 0 Å². The fraction of sp³-hybridized carbons (Fsp3) is 0.529. The molecule has 2 heterocycles. The van der Waals surface area contributed by atoms with E-state index in [1.54, 1.807) is 0 Å². The average molecular weight is 272 g/mol. The van der Waals surface area contributed by atoms with Gasteiger partial charge in [0.25, 0.3) is 0 Å². The van der Waals surface area contributed by atoms with E-state index in [4.69, 9.17) is 4.74 Å². The lowest BCUT2D eigenvalue weighted by molar-refractivity contribution is -0.316. The van der Waals surface area contributed by atoms with E-state index in [0.717, 1.165) is 25.1 Å². The Morgan fingerprint density at radius 2 is 2.25 bits per heavy atom. The highest BCUT2D eigenvalue weighted by atomic mass is 16.5. The number of ether oxygens (including phenoxy) is 1. The van der Waals surface area contributed by atoms with E-state index in [1.165, 1.54) is 18.4 Å². The number of hydrogen-bond donors (Lipinski definition) is 0. The van der Waals surface area contributed by atoms with E-state index in [0.29, 0.717) is 0 Å². The van der Waals surface area contributed by atoms with Crippen molar-refractivity contribution in [1.82, 2.24) is 4.90 Å². The number of fused-ring (bicyclic) bond motifs is 1. The molecule has 0 spiro atoms. The van der Waals surface area contributed by atoms with Gasteiger partial charge in [-0.15, -0.1) is 5.76 Å². The molecule has 0 aromatic rings. The van der Waals surface area contributed by atoms with Crippen LogP contribution < -0.4 is 5.11 Å². The summed E-state index contributed by atoms with van der Waals surface area (Å²) in [5, 5.41) is 12.4. The van der Waals surface area contributed by atoms with E-state index < -0.39 is 5.54 Å². The van der Waals surface area contributed by atoms with Gasteiger partial charge in [0, 0.05) is 18.5 Å². The lowest BCUT2D eigenvalue weighted by Gasteiger charge is -2.40. The molecular formula is C17H22NO2-. The van der Waals surface area contributed by atoms with Crippen LogP contribution in [0.25, 0.3) is 0 Å². The van der Waals surface area contributed by atoms with Crippen molar-refractivity contribution < 1.29 is 9.84 Å². The summed E-state index contributed by atoms with van der Waals surface area (Å²) in [5.41, 5.74) is 1.83. The smallest absolute Gasteiger partial charge is 0.0807 e. The minimum Gasteiger partial charge on any atom is -0.874 e. The molecule has 2 unspecified atom stereocenters. The molecule has 2 aliphatic heterocycles. The fourth-order valence-corrected chi connectivity index (χ4v) is 3.39. The Morgan fingerprint density at radius 3 is 3.05 bits per heavy atom. The third-order valence-corrected chi connectivity index (χ3v) is 4.54. The molecule has 0 radical (unpaired) electrons. The molecule has 0 amide bonds. The third kappa shape index (κ3) is 2.01. The largest absolute Gasteiger partial charge is 0.874 e. The molecule has 3 nitrogen and oxygen atoms in total. The Bertz CT molecular complexity index is 513. The molecule has 3 rings (SSSR count). The summed E-state index contributed by atoms with van der Waals surface area (Å²) in [6.45, 7) is 4.74. The molecule has 3 heteroatoms. The Labute approximate surface area is 120 Å². The first-order valence-electron chi connectivity index (χ1n) is 7.56. The molecule has 1 aliphatic carbocycles. The highest BCUT2D eigenvalue weighted by Crippen LogP contribution is 2.41. The average Bonchev–Trinajstić information content (AvgIpc) is 2.72. The second-order valence-electron chi connectivity index (χ2n) is 5.83. The Hall–Kier alpha value is -1.48. The van der Waals surface area contributed by atoms with Crippen LogP contribution in [0.3, 0.4) is 0 Å². The summed E-state index contributed by atoms with van der Waals surface area (Å²) < 4.78 is 5.90. The van der Waals surface area contributed by atoms with Gasteiger partial charge in [-0.3, -0.25) is 0 Å². The van der Waals surface area contributed by atoms with Gasteiger partial charge in [0.15, 0.2) is 0 Å². The molecule has 0 N–H and O–H groups in total. The number of hydrogen-bond acceptors (Lipinski definition) is 3. The van der Waals surface area contributed by atoms with Crippen molar-refractivity contribution in [3.8, 4) is 0 Å². The van der Waals surface area contributed by atoms with Crippen LogP contribution >= 0.6 is 0 Å². The number of allylic oxidation sites excluding steroid dienone is 3. The zero-order valence-electron chi connectivity index (χ0n) is 12.3. The normalized spacial score (nSPS) is 36.2. The van der Waals surface area contributed by atoms with Crippen LogP contribution in [0.1, 0.15) is 39.5 Å². The maximum Gasteiger partial charge on any atom is 0.0807 e. The lowest BCUT2D eigenvalue weighted by atomic mass is 9.90. The van der Waals surface area contributed by atoms with Crippen LogP contribution in [0.4, 0.5) is 0 Å². The van der Waals surface area contributed by atoms with Crippen LogP contribution in [0.2, 0.25) is 0 Å². The molecule has 0 aromatic carbocycles. The zero-order chi connectivity index (χ0) is 14.2. The minimum atomic E-state index is -0.536. The molecule has 1 saturated carbocycles. The highest BCUT2D eigenvalue weighted by Gasteiger charge is 2.37. The van der Waals surface area contributed by atoms with Crippen LogP contribution in [0.15, 0.2) is 47.5 Å². The first-order chi connectivity index (χ1) is 9.66. The van der Waals surface area contributed by atoms with Crippen molar-refractivity contribution in [3.63, 3.8) is 0 Å². The predicted octanol–water partition coefficient (Wildman–Crippen LogP) is 2.62. The first-order valence-corrected chi connectivity index (χ1v) is 7.56. The third-order valence-electron chi connectivity index (χ3n) is 4.54. The fourth-order valence-electron chi connectivity index (χ4n) is 3.39. The van der Waals surface area contributed by atoms with Gasteiger partial charge < -0.3 is 14.7 Å². The molecule has 20 heavy (non-hydrogen) atoms. The SMILES string of the molecule is CCOC1CCCC/C1=C1\C=C([O-])C2(C)C=CC=CN12. The second kappa shape index (κ2) is 5.13. The van der Waals surface area contributed by atoms with Crippen molar-refractivity contribution in [2.75, 3.05) is 6.61 Å². The summed E-state index contributed by atoms with van der Waals surface area (Å²) in [7, 11) is 0. The van der Waals surface area contributed by atoms with E-state index in [1.807, 2.05) is 44.4 Å². The summed E-state index contributed by atoms with van der Waals surface area (Å²) in [6, 6.07) is 0. The topological polar surface area (TPSA) is 35.5 Å². The van der Waals surface area contributed by atoms with Crippen molar-refractivity contribution in [2.24, 2.45) is 0 Å². The van der Waals surface area contributed by atoms with E-state index in [-0.39, 0.29) is 11.9 Å². The maximum absolute atomic E-state index is 12.4. The van der Waals surface area contributed by atoms with Crippen molar-refractivity contribution >= 4 is 0 Å². The molecule has 3 aliphatic rings. The Balaban J connectivity index is 2.02. The van der Waals surface area contributed by atoms with Gasteiger partial charge in [-0.05, 0) is 50.8 Å². The Kier molecular flexibility index (Phi) is 3.47. The lowest BCUT2D eigenvalue weighted by Crippen LogP contribution is -2.43. The molecule has 108 valence electrons. The van der Waals surface area contributed by atoms with Gasteiger partial charge in [0.05, 0.1) is 11.6 Å². The van der Waals surface area contributed by atoms with Gasteiger partial charge in [-0.1, -0.05) is 18.6 Å². The summed E-state index contributed by atoms with van der Waals surface area (Å²) in [4.78, 5) is 2.11. The zero-order valence-corrected chi connectivity index (χ0v) is 12.3. The van der Waals surface area contributed by atoms with E-state index in [9.17, 15) is 5.11 Å². The molecule has 0 aromatic heterocycles. The minimum absolute atomic E-state index is 0.168. The standard InChI is InChI=1S/C17H23NO2/c1-3-20-15-9-5-4-8-13(15)14-12-16(19)17(2)10-6-7-11-18(14)17/h6-7,10-12,15,19H,3-5,8-9H2,1-2H3/p-1/b14-13-. The quantitative estimate of drug-likeness (QED) is 0.775. The molecule has 0 saturated heterocycles. The van der Waals surface area contributed by atoms with Gasteiger partial charge in [-0.25, -0.2) is 0 Å². The van der Waals surface area contributed by atoms with Gasteiger partial charge in [0.1, 0.15) is 0 Å². The molecule has 2 atom stereocenters.